The molecule has 0 saturated heterocycles. The minimum absolute atomic E-state index is 0.309. The van der Waals surface area contributed by atoms with Crippen molar-refractivity contribution < 1.29 is 9.53 Å². The SMILES string of the molecule is C=CC(=O)OC[C@H](C)CCCCCCCCC. The van der Waals surface area contributed by atoms with E-state index in [-0.39, 0.29) is 5.97 Å². The molecule has 17 heavy (non-hydrogen) atoms. The van der Waals surface area contributed by atoms with E-state index in [0.717, 1.165) is 6.42 Å². The lowest BCUT2D eigenvalue weighted by Crippen LogP contribution is -2.09. The predicted octanol–water partition coefficient (Wildman–Crippen LogP) is 4.49. The summed E-state index contributed by atoms with van der Waals surface area (Å²) in [6.45, 7) is 8.28. The molecule has 2 nitrogen and oxygen atoms in total. The molecule has 0 aliphatic carbocycles. The first-order valence-electron chi connectivity index (χ1n) is 6.99. The molecule has 0 amide bonds. The zero-order valence-electron chi connectivity index (χ0n) is 11.5. The first-order valence-corrected chi connectivity index (χ1v) is 6.99. The molecule has 0 rings (SSSR count). The maximum Gasteiger partial charge on any atom is 0.330 e. The molecule has 0 aliphatic heterocycles. The third-order valence-corrected chi connectivity index (χ3v) is 2.98. The van der Waals surface area contributed by atoms with Crippen molar-refractivity contribution in [1.29, 1.82) is 0 Å². The predicted molar refractivity (Wildman–Crippen MR) is 72.9 cm³/mol. The molecule has 2 heteroatoms. The largest absolute Gasteiger partial charge is 0.462 e. The fraction of sp³-hybridized carbons (Fsp3) is 0.800. The van der Waals surface area contributed by atoms with Crippen molar-refractivity contribution in [3.63, 3.8) is 0 Å². The van der Waals surface area contributed by atoms with E-state index in [2.05, 4.69) is 20.4 Å². The topological polar surface area (TPSA) is 26.3 Å². The Morgan fingerprint density at radius 1 is 1.18 bits per heavy atom. The van der Waals surface area contributed by atoms with Crippen LogP contribution < -0.4 is 0 Å². The van der Waals surface area contributed by atoms with Crippen molar-refractivity contribution in [1.82, 2.24) is 0 Å². The van der Waals surface area contributed by atoms with Crippen LogP contribution in [0.1, 0.15) is 65.2 Å². The third-order valence-electron chi connectivity index (χ3n) is 2.98. The highest BCUT2D eigenvalue weighted by Gasteiger charge is 2.04. The van der Waals surface area contributed by atoms with Crippen molar-refractivity contribution in [2.45, 2.75) is 65.2 Å². The van der Waals surface area contributed by atoms with E-state index in [1.165, 1.54) is 51.0 Å². The lowest BCUT2D eigenvalue weighted by molar-refractivity contribution is -0.139. The van der Waals surface area contributed by atoms with Gasteiger partial charge in [0.2, 0.25) is 0 Å². The number of rotatable bonds is 11. The Hall–Kier alpha value is -0.790. The summed E-state index contributed by atoms with van der Waals surface area (Å²) >= 11 is 0. The second-order valence-corrected chi connectivity index (χ2v) is 4.85. The molecule has 0 aromatic heterocycles. The quantitative estimate of drug-likeness (QED) is 0.302. The minimum atomic E-state index is -0.309. The van der Waals surface area contributed by atoms with Crippen molar-refractivity contribution >= 4 is 5.97 Å². The van der Waals surface area contributed by atoms with Crippen LogP contribution in [0.5, 0.6) is 0 Å². The lowest BCUT2D eigenvalue weighted by atomic mass is 10.0. The lowest BCUT2D eigenvalue weighted by Gasteiger charge is -2.10. The molecule has 1 atom stereocenters. The average Bonchev–Trinajstić information content (AvgIpc) is 2.34. The maximum atomic E-state index is 10.9. The molecule has 0 aromatic carbocycles. The Kier molecular flexibility index (Phi) is 11.1. The van der Waals surface area contributed by atoms with Gasteiger partial charge in [0.15, 0.2) is 0 Å². The summed E-state index contributed by atoms with van der Waals surface area (Å²) in [6, 6.07) is 0. The summed E-state index contributed by atoms with van der Waals surface area (Å²) in [5, 5.41) is 0. The summed E-state index contributed by atoms with van der Waals surface area (Å²) < 4.78 is 5.01. The monoisotopic (exact) mass is 240 g/mol. The van der Waals surface area contributed by atoms with Crippen LogP contribution in [0.3, 0.4) is 0 Å². The van der Waals surface area contributed by atoms with E-state index < -0.39 is 0 Å². The number of hydrogen-bond donors (Lipinski definition) is 0. The van der Waals surface area contributed by atoms with Crippen molar-refractivity contribution in [2.75, 3.05) is 6.61 Å². The Morgan fingerprint density at radius 3 is 2.35 bits per heavy atom. The molecule has 0 aromatic rings. The van der Waals surface area contributed by atoms with Crippen LogP contribution in [-0.4, -0.2) is 12.6 Å². The smallest absolute Gasteiger partial charge is 0.330 e. The molecule has 0 aliphatic rings. The van der Waals surface area contributed by atoms with Gasteiger partial charge in [0, 0.05) is 6.08 Å². The Morgan fingerprint density at radius 2 is 1.76 bits per heavy atom. The first-order chi connectivity index (χ1) is 8.20. The van der Waals surface area contributed by atoms with Gasteiger partial charge in [-0.05, 0) is 12.3 Å². The zero-order valence-corrected chi connectivity index (χ0v) is 11.5. The minimum Gasteiger partial charge on any atom is -0.462 e. The van der Waals surface area contributed by atoms with Gasteiger partial charge in [-0.15, -0.1) is 0 Å². The summed E-state index contributed by atoms with van der Waals surface area (Å²) in [6.07, 6.45) is 11.7. The Labute approximate surface area is 106 Å². The molecule has 0 N–H and O–H groups in total. The molecule has 0 saturated carbocycles. The number of esters is 1. The highest BCUT2D eigenvalue weighted by Crippen LogP contribution is 2.12. The molecular weight excluding hydrogens is 212 g/mol. The maximum absolute atomic E-state index is 10.9. The summed E-state index contributed by atoms with van der Waals surface area (Å²) in [7, 11) is 0. The molecule has 0 heterocycles. The van der Waals surface area contributed by atoms with Gasteiger partial charge in [0.05, 0.1) is 6.61 Å². The fourth-order valence-electron chi connectivity index (χ4n) is 1.82. The van der Waals surface area contributed by atoms with Gasteiger partial charge in [-0.2, -0.15) is 0 Å². The summed E-state index contributed by atoms with van der Waals surface area (Å²) in [5.41, 5.74) is 0. The molecule has 0 bridgehead atoms. The summed E-state index contributed by atoms with van der Waals surface area (Å²) in [5.74, 6) is 0.158. The van der Waals surface area contributed by atoms with Crippen LogP contribution in [0, 0.1) is 5.92 Å². The standard InChI is InChI=1S/C15H28O2/c1-4-6-7-8-9-10-11-12-14(3)13-17-15(16)5-2/h5,14H,2,4,6-13H2,1,3H3/t14-/m1/s1. The molecule has 100 valence electrons. The van der Waals surface area contributed by atoms with Crippen LogP contribution in [0.15, 0.2) is 12.7 Å². The second-order valence-electron chi connectivity index (χ2n) is 4.85. The highest BCUT2D eigenvalue weighted by atomic mass is 16.5. The van der Waals surface area contributed by atoms with E-state index in [1.807, 2.05) is 0 Å². The van der Waals surface area contributed by atoms with Crippen molar-refractivity contribution in [3.8, 4) is 0 Å². The molecule has 0 unspecified atom stereocenters. The van der Waals surface area contributed by atoms with E-state index in [4.69, 9.17) is 4.74 Å². The average molecular weight is 240 g/mol. The van der Waals surface area contributed by atoms with Gasteiger partial charge in [-0.3, -0.25) is 0 Å². The van der Waals surface area contributed by atoms with E-state index in [9.17, 15) is 4.79 Å². The number of carbonyl (C=O) groups is 1. The van der Waals surface area contributed by atoms with Gasteiger partial charge in [-0.25, -0.2) is 4.79 Å². The van der Waals surface area contributed by atoms with E-state index in [1.54, 1.807) is 0 Å². The first kappa shape index (κ1) is 16.2. The number of carbonyl (C=O) groups excluding carboxylic acids is 1. The van der Waals surface area contributed by atoms with Crippen LogP contribution in [0.25, 0.3) is 0 Å². The number of unbranched alkanes of at least 4 members (excludes halogenated alkanes) is 6. The second kappa shape index (κ2) is 11.7. The van der Waals surface area contributed by atoms with Crippen LogP contribution in [0.2, 0.25) is 0 Å². The van der Waals surface area contributed by atoms with E-state index in [0.29, 0.717) is 12.5 Å². The zero-order chi connectivity index (χ0) is 12.9. The summed E-state index contributed by atoms with van der Waals surface area (Å²) in [4.78, 5) is 10.9. The molecule has 0 radical (unpaired) electrons. The van der Waals surface area contributed by atoms with Gasteiger partial charge < -0.3 is 4.74 Å². The number of ether oxygens (including phenoxy) is 1. The van der Waals surface area contributed by atoms with Gasteiger partial charge in [0.25, 0.3) is 0 Å². The van der Waals surface area contributed by atoms with Gasteiger partial charge in [-0.1, -0.05) is 65.4 Å². The van der Waals surface area contributed by atoms with Crippen molar-refractivity contribution in [2.24, 2.45) is 5.92 Å². The Bertz CT molecular complexity index is 199. The van der Waals surface area contributed by atoms with Crippen LogP contribution in [0.4, 0.5) is 0 Å². The normalized spacial score (nSPS) is 12.1. The Balaban J connectivity index is 3.24. The molecular formula is C15H28O2. The number of hydrogen-bond acceptors (Lipinski definition) is 2. The van der Waals surface area contributed by atoms with Gasteiger partial charge >= 0.3 is 5.97 Å². The van der Waals surface area contributed by atoms with Gasteiger partial charge in [0.1, 0.15) is 0 Å². The van der Waals surface area contributed by atoms with E-state index >= 15 is 0 Å². The van der Waals surface area contributed by atoms with Crippen LogP contribution >= 0.6 is 0 Å². The van der Waals surface area contributed by atoms with Crippen molar-refractivity contribution in [3.05, 3.63) is 12.7 Å². The third kappa shape index (κ3) is 11.5. The fourth-order valence-corrected chi connectivity index (χ4v) is 1.82. The highest BCUT2D eigenvalue weighted by molar-refractivity contribution is 5.81. The van der Waals surface area contributed by atoms with Crippen LogP contribution in [-0.2, 0) is 9.53 Å². The molecule has 0 fully saturated rings. The molecule has 0 spiro atoms.